The predicted octanol–water partition coefficient (Wildman–Crippen LogP) is 1.35. The molecule has 0 aromatic rings. The van der Waals surface area contributed by atoms with Crippen LogP contribution in [0.5, 0.6) is 0 Å². The van der Waals surface area contributed by atoms with Crippen molar-refractivity contribution < 1.29 is 14.3 Å². The molecular weight excluding hydrogens is 170 g/mol. The van der Waals surface area contributed by atoms with Crippen molar-refractivity contribution in [1.29, 1.82) is 0 Å². The normalized spacial score (nSPS) is 11.2. The molecule has 76 valence electrons. The monoisotopic (exact) mass is 187 g/mol. The van der Waals surface area contributed by atoms with Gasteiger partial charge >= 0.3 is 6.09 Å². The fourth-order valence-corrected chi connectivity index (χ4v) is 1.09. The Hall–Kier alpha value is -1.06. The van der Waals surface area contributed by atoms with Crippen molar-refractivity contribution in [3.05, 3.63) is 0 Å². The molecule has 0 radical (unpaired) electrons. The Balaban J connectivity index is 4.39. The van der Waals surface area contributed by atoms with Gasteiger partial charge in [0.15, 0.2) is 5.78 Å². The Kier molecular flexibility index (Phi) is 3.91. The van der Waals surface area contributed by atoms with Gasteiger partial charge in [-0.05, 0) is 13.8 Å². The molecule has 0 unspecified atom stereocenters. The molecule has 0 spiro atoms. The quantitative estimate of drug-likeness (QED) is 0.725. The minimum atomic E-state index is -0.860. The Morgan fingerprint density at radius 3 is 2.08 bits per heavy atom. The first kappa shape index (κ1) is 11.9. The van der Waals surface area contributed by atoms with Crippen LogP contribution in [0.15, 0.2) is 0 Å². The molecule has 0 rings (SSSR count). The highest BCUT2D eigenvalue weighted by Gasteiger charge is 2.31. The van der Waals surface area contributed by atoms with E-state index < -0.39 is 11.6 Å². The Bertz CT molecular complexity index is 209. The van der Waals surface area contributed by atoms with Crippen molar-refractivity contribution in [2.24, 2.45) is 5.92 Å². The number of nitrogens with one attached hydrogen (secondary N) is 1. The van der Waals surface area contributed by atoms with Crippen molar-refractivity contribution in [3.8, 4) is 0 Å². The zero-order chi connectivity index (χ0) is 10.6. The smallest absolute Gasteiger partial charge is 0.407 e. The number of hydrogen-bond donors (Lipinski definition) is 1. The van der Waals surface area contributed by atoms with Gasteiger partial charge in [0.1, 0.15) is 0 Å². The number of hydrogen-bond acceptors (Lipinski definition) is 3. The largest absolute Gasteiger partial charge is 0.453 e. The number of alkyl carbamates (subject to hydrolysis) is 1. The highest BCUT2D eigenvalue weighted by atomic mass is 16.5. The first-order chi connectivity index (χ1) is 5.81. The van der Waals surface area contributed by atoms with Crippen LogP contribution in [0.3, 0.4) is 0 Å². The van der Waals surface area contributed by atoms with Crippen LogP contribution >= 0.6 is 0 Å². The lowest BCUT2D eigenvalue weighted by Crippen LogP contribution is -2.51. The number of Topliss-reactive ketones (excluding diaryl/α,β-unsaturated/α-hetero) is 1. The van der Waals surface area contributed by atoms with E-state index in [0.29, 0.717) is 0 Å². The molecular formula is C9H17NO3. The minimum Gasteiger partial charge on any atom is -0.453 e. The van der Waals surface area contributed by atoms with Crippen LogP contribution in [0.2, 0.25) is 0 Å². The van der Waals surface area contributed by atoms with Crippen LogP contribution < -0.4 is 5.32 Å². The van der Waals surface area contributed by atoms with E-state index in [9.17, 15) is 9.59 Å². The van der Waals surface area contributed by atoms with E-state index in [1.54, 1.807) is 27.7 Å². The molecule has 0 aromatic carbocycles. The molecule has 0 heterocycles. The van der Waals surface area contributed by atoms with Gasteiger partial charge in [-0.15, -0.1) is 0 Å². The average molecular weight is 187 g/mol. The van der Waals surface area contributed by atoms with Crippen LogP contribution in [0.4, 0.5) is 4.79 Å². The molecule has 0 aliphatic heterocycles. The zero-order valence-corrected chi connectivity index (χ0v) is 8.80. The summed E-state index contributed by atoms with van der Waals surface area (Å²) in [4.78, 5) is 22.4. The lowest BCUT2D eigenvalue weighted by atomic mass is 9.91. The molecule has 0 fully saturated rings. The molecule has 0 saturated carbocycles. The lowest BCUT2D eigenvalue weighted by molar-refractivity contribution is -0.127. The third kappa shape index (κ3) is 3.44. The van der Waals surface area contributed by atoms with Crippen LogP contribution in [-0.4, -0.2) is 24.5 Å². The number of carbonyl (C=O) groups is 2. The summed E-state index contributed by atoms with van der Waals surface area (Å²) in [7, 11) is 1.27. The first-order valence-corrected chi connectivity index (χ1v) is 4.21. The molecule has 0 aromatic heterocycles. The molecule has 13 heavy (non-hydrogen) atoms. The molecule has 0 bridgehead atoms. The van der Waals surface area contributed by atoms with E-state index in [-0.39, 0.29) is 11.7 Å². The number of ketones is 1. The lowest BCUT2D eigenvalue weighted by Gasteiger charge is -2.25. The SMILES string of the molecule is COC(=O)NC(C)(C)C(=O)C(C)C. The van der Waals surface area contributed by atoms with Gasteiger partial charge in [0.25, 0.3) is 0 Å². The average Bonchev–Trinajstić information content (AvgIpc) is 2.01. The zero-order valence-electron chi connectivity index (χ0n) is 8.80. The Morgan fingerprint density at radius 2 is 1.77 bits per heavy atom. The molecule has 1 amide bonds. The summed E-state index contributed by atoms with van der Waals surface area (Å²) >= 11 is 0. The van der Waals surface area contributed by atoms with Gasteiger partial charge in [-0.2, -0.15) is 0 Å². The van der Waals surface area contributed by atoms with Gasteiger partial charge in [0.05, 0.1) is 12.6 Å². The summed E-state index contributed by atoms with van der Waals surface area (Å²) in [5.41, 5.74) is -0.860. The van der Waals surface area contributed by atoms with E-state index in [4.69, 9.17) is 0 Å². The Morgan fingerprint density at radius 1 is 1.31 bits per heavy atom. The van der Waals surface area contributed by atoms with Crippen LogP contribution in [0.25, 0.3) is 0 Å². The van der Waals surface area contributed by atoms with Gasteiger partial charge in [-0.1, -0.05) is 13.8 Å². The molecule has 0 saturated heterocycles. The third-order valence-electron chi connectivity index (χ3n) is 1.74. The summed E-state index contributed by atoms with van der Waals surface area (Å²) in [5, 5.41) is 2.48. The van der Waals surface area contributed by atoms with Crippen molar-refractivity contribution in [2.45, 2.75) is 33.2 Å². The molecule has 0 aliphatic rings. The summed E-state index contributed by atoms with van der Waals surface area (Å²) in [6.07, 6.45) is -0.584. The maximum absolute atomic E-state index is 11.5. The standard InChI is InChI=1S/C9H17NO3/c1-6(2)7(11)9(3,4)10-8(12)13-5/h6H,1-5H3,(H,10,12). The van der Waals surface area contributed by atoms with E-state index in [2.05, 4.69) is 10.1 Å². The number of rotatable bonds is 3. The molecule has 4 heteroatoms. The molecule has 1 N–H and O–H groups in total. The predicted molar refractivity (Wildman–Crippen MR) is 49.5 cm³/mol. The number of methoxy groups -OCH3 is 1. The van der Waals surface area contributed by atoms with Crippen molar-refractivity contribution in [1.82, 2.24) is 5.32 Å². The number of amides is 1. The summed E-state index contributed by atoms with van der Waals surface area (Å²) in [5.74, 6) is -0.120. The second-order valence-corrected chi connectivity index (χ2v) is 3.76. The second kappa shape index (κ2) is 4.25. The molecule has 4 nitrogen and oxygen atoms in total. The summed E-state index contributed by atoms with van der Waals surface area (Å²) in [6.45, 7) is 6.91. The van der Waals surface area contributed by atoms with E-state index in [1.165, 1.54) is 7.11 Å². The van der Waals surface area contributed by atoms with Gasteiger partial charge < -0.3 is 10.1 Å². The van der Waals surface area contributed by atoms with Gasteiger partial charge in [0.2, 0.25) is 0 Å². The topological polar surface area (TPSA) is 55.4 Å². The van der Waals surface area contributed by atoms with Gasteiger partial charge in [-0.25, -0.2) is 4.79 Å². The van der Waals surface area contributed by atoms with Gasteiger partial charge in [-0.3, -0.25) is 4.79 Å². The third-order valence-corrected chi connectivity index (χ3v) is 1.74. The fraction of sp³-hybridized carbons (Fsp3) is 0.778. The van der Waals surface area contributed by atoms with Crippen LogP contribution in [-0.2, 0) is 9.53 Å². The maximum Gasteiger partial charge on any atom is 0.407 e. The van der Waals surface area contributed by atoms with E-state index in [1.807, 2.05) is 0 Å². The molecule has 0 atom stereocenters. The van der Waals surface area contributed by atoms with Crippen LogP contribution in [0, 0.1) is 5.92 Å². The van der Waals surface area contributed by atoms with Crippen molar-refractivity contribution >= 4 is 11.9 Å². The van der Waals surface area contributed by atoms with Crippen LogP contribution in [0.1, 0.15) is 27.7 Å². The fourth-order valence-electron chi connectivity index (χ4n) is 1.09. The summed E-state index contributed by atoms with van der Waals surface area (Å²) in [6, 6.07) is 0. The highest BCUT2D eigenvalue weighted by molar-refractivity contribution is 5.92. The van der Waals surface area contributed by atoms with Gasteiger partial charge in [0, 0.05) is 5.92 Å². The summed E-state index contributed by atoms with van der Waals surface area (Å²) < 4.78 is 4.41. The maximum atomic E-state index is 11.5. The number of carbonyl (C=O) groups excluding carboxylic acids is 2. The van der Waals surface area contributed by atoms with Crippen molar-refractivity contribution in [2.75, 3.05) is 7.11 Å². The van der Waals surface area contributed by atoms with E-state index in [0.717, 1.165) is 0 Å². The Labute approximate surface area is 78.6 Å². The minimum absolute atomic E-state index is 0.0158. The molecule has 0 aliphatic carbocycles. The van der Waals surface area contributed by atoms with Crippen molar-refractivity contribution in [3.63, 3.8) is 0 Å². The number of ether oxygens (including phenoxy) is 1. The van der Waals surface area contributed by atoms with E-state index >= 15 is 0 Å². The second-order valence-electron chi connectivity index (χ2n) is 3.76. The highest BCUT2D eigenvalue weighted by Crippen LogP contribution is 2.11. The first-order valence-electron chi connectivity index (χ1n) is 4.21.